The summed E-state index contributed by atoms with van der Waals surface area (Å²) < 4.78 is 12.4. The van der Waals surface area contributed by atoms with E-state index in [0.29, 0.717) is 11.5 Å². The summed E-state index contributed by atoms with van der Waals surface area (Å²) in [4.78, 5) is 18.4. The van der Waals surface area contributed by atoms with E-state index < -0.39 is 0 Å². The monoisotopic (exact) mass is 495 g/mol. The largest absolute Gasteiger partial charge is 0.493 e. The summed E-state index contributed by atoms with van der Waals surface area (Å²) in [5.74, 6) is 1.39. The lowest BCUT2D eigenvalue weighted by molar-refractivity contribution is 0.134. The van der Waals surface area contributed by atoms with E-state index in [0.717, 1.165) is 42.1 Å². The van der Waals surface area contributed by atoms with E-state index >= 15 is 0 Å². The van der Waals surface area contributed by atoms with Gasteiger partial charge in [0.05, 0.1) is 23.0 Å². The molecule has 8 heteroatoms. The normalized spacial score (nSPS) is 15.9. The Bertz CT molecular complexity index is 850. The first kappa shape index (κ1) is 22.9. The molecule has 0 spiro atoms. The van der Waals surface area contributed by atoms with Gasteiger partial charge in [-0.3, -0.25) is 4.90 Å². The Morgan fingerprint density at radius 2 is 1.87 bits per heavy atom. The Kier molecular flexibility index (Phi) is 8.02. The summed E-state index contributed by atoms with van der Waals surface area (Å²) in [7, 11) is 1.63. The van der Waals surface area contributed by atoms with Crippen LogP contribution in [-0.4, -0.2) is 55.2 Å². The average Bonchev–Trinajstić information content (AvgIpc) is 3.12. The topological polar surface area (TPSA) is 54.0 Å². The predicted molar refractivity (Wildman–Crippen MR) is 125 cm³/mol. The second-order valence-corrected chi connectivity index (χ2v) is 10.3. The van der Waals surface area contributed by atoms with Gasteiger partial charge in [-0.15, -0.1) is 11.3 Å². The lowest BCUT2D eigenvalue weighted by Crippen LogP contribution is -2.51. The molecule has 2 aromatic rings. The van der Waals surface area contributed by atoms with Crippen LogP contribution in [0.5, 0.6) is 11.5 Å². The molecule has 1 aromatic carbocycles. The number of thiophene rings is 1. The smallest absolute Gasteiger partial charge is 0.317 e. The number of halogens is 1. The van der Waals surface area contributed by atoms with Crippen molar-refractivity contribution in [3.05, 3.63) is 44.6 Å². The molecule has 30 heavy (non-hydrogen) atoms. The van der Waals surface area contributed by atoms with Gasteiger partial charge < -0.3 is 19.7 Å². The second kappa shape index (κ2) is 10.5. The highest BCUT2D eigenvalue weighted by atomic mass is 79.9. The van der Waals surface area contributed by atoms with Crippen LogP contribution in [0.25, 0.3) is 0 Å². The van der Waals surface area contributed by atoms with Crippen molar-refractivity contribution in [3.8, 4) is 11.5 Å². The number of benzene rings is 1. The summed E-state index contributed by atoms with van der Waals surface area (Å²) in [6.07, 6.45) is 0.0712. The van der Waals surface area contributed by atoms with Crippen LogP contribution in [0.15, 0.2) is 34.1 Å². The maximum Gasteiger partial charge on any atom is 0.317 e. The lowest BCUT2D eigenvalue weighted by atomic mass is 10.1. The van der Waals surface area contributed by atoms with Gasteiger partial charge in [-0.2, -0.15) is 0 Å². The van der Waals surface area contributed by atoms with Crippen molar-refractivity contribution in [2.24, 2.45) is 0 Å². The molecule has 0 bridgehead atoms. The molecule has 0 radical (unpaired) electrons. The minimum absolute atomic E-state index is 0.0255. The van der Waals surface area contributed by atoms with Gasteiger partial charge in [-0.25, -0.2) is 4.79 Å². The molecule has 164 valence electrons. The fraction of sp³-hybridized carbons (Fsp3) is 0.500. The van der Waals surface area contributed by atoms with E-state index in [2.05, 4.69) is 38.3 Å². The molecular weight excluding hydrogens is 466 g/mol. The van der Waals surface area contributed by atoms with E-state index in [-0.39, 0.29) is 18.2 Å². The zero-order valence-electron chi connectivity index (χ0n) is 18.0. The number of nitrogens with one attached hydrogen (secondary N) is 1. The molecule has 1 fully saturated rings. The van der Waals surface area contributed by atoms with Gasteiger partial charge in [0, 0.05) is 37.6 Å². The first-order chi connectivity index (χ1) is 14.4. The summed E-state index contributed by atoms with van der Waals surface area (Å²) >= 11 is 5.28. The van der Waals surface area contributed by atoms with Crippen molar-refractivity contribution in [1.29, 1.82) is 0 Å². The molecule has 1 N–H and O–H groups in total. The van der Waals surface area contributed by atoms with Gasteiger partial charge in [-0.05, 0) is 66.5 Å². The number of amides is 2. The third-order valence-electron chi connectivity index (χ3n) is 5.06. The summed E-state index contributed by atoms with van der Waals surface area (Å²) in [5.41, 5.74) is 0.984. The SMILES string of the molecule is COc1cc(C(C)NC(=O)N2CCN(Cc3ccc(Br)s3)CC2)ccc1OC(C)C. The van der Waals surface area contributed by atoms with Crippen LogP contribution in [0.2, 0.25) is 0 Å². The van der Waals surface area contributed by atoms with Gasteiger partial charge in [0.25, 0.3) is 0 Å². The van der Waals surface area contributed by atoms with E-state index in [1.54, 1.807) is 18.4 Å². The molecule has 1 aliphatic heterocycles. The standard InChI is InChI=1S/C22H30BrN3O3S/c1-15(2)29-19-7-5-17(13-20(19)28-4)16(3)24-22(27)26-11-9-25(10-12-26)14-18-6-8-21(23)30-18/h5-8,13,15-16H,9-12,14H2,1-4H3,(H,24,27). The Morgan fingerprint density at radius 3 is 2.47 bits per heavy atom. The van der Waals surface area contributed by atoms with Crippen LogP contribution < -0.4 is 14.8 Å². The van der Waals surface area contributed by atoms with Crippen molar-refractivity contribution < 1.29 is 14.3 Å². The van der Waals surface area contributed by atoms with Gasteiger partial charge in [0.1, 0.15) is 0 Å². The van der Waals surface area contributed by atoms with Crippen LogP contribution >= 0.6 is 27.3 Å². The lowest BCUT2D eigenvalue weighted by Gasteiger charge is -2.35. The minimum atomic E-state index is -0.124. The summed E-state index contributed by atoms with van der Waals surface area (Å²) in [6.45, 7) is 10.1. The first-order valence-electron chi connectivity index (χ1n) is 10.2. The van der Waals surface area contributed by atoms with Gasteiger partial charge in [0.15, 0.2) is 11.5 Å². The Labute approximate surface area is 191 Å². The summed E-state index contributed by atoms with van der Waals surface area (Å²) in [6, 6.07) is 9.90. The maximum atomic E-state index is 12.8. The molecule has 1 saturated heterocycles. The van der Waals surface area contributed by atoms with Crippen molar-refractivity contribution in [3.63, 3.8) is 0 Å². The fourth-order valence-electron chi connectivity index (χ4n) is 3.43. The third kappa shape index (κ3) is 6.12. The van der Waals surface area contributed by atoms with E-state index in [9.17, 15) is 4.79 Å². The van der Waals surface area contributed by atoms with Crippen LogP contribution in [0.3, 0.4) is 0 Å². The number of rotatable bonds is 7. The van der Waals surface area contributed by atoms with Crippen molar-refractivity contribution in [2.75, 3.05) is 33.3 Å². The third-order valence-corrected chi connectivity index (χ3v) is 6.67. The van der Waals surface area contributed by atoms with Crippen molar-refractivity contribution in [1.82, 2.24) is 15.1 Å². The predicted octanol–water partition coefficient (Wildman–Crippen LogP) is 4.89. The molecule has 0 aliphatic carbocycles. The molecule has 6 nitrogen and oxygen atoms in total. The number of carbonyl (C=O) groups is 1. The fourth-order valence-corrected chi connectivity index (χ4v) is 4.96. The minimum Gasteiger partial charge on any atom is -0.493 e. The Morgan fingerprint density at radius 1 is 1.13 bits per heavy atom. The number of hydrogen-bond donors (Lipinski definition) is 1. The van der Waals surface area contributed by atoms with Gasteiger partial charge in [0.2, 0.25) is 0 Å². The van der Waals surface area contributed by atoms with E-state index in [1.807, 2.05) is 43.9 Å². The van der Waals surface area contributed by atoms with Crippen LogP contribution in [-0.2, 0) is 6.54 Å². The molecule has 3 rings (SSSR count). The highest BCUT2D eigenvalue weighted by molar-refractivity contribution is 9.11. The average molecular weight is 496 g/mol. The molecule has 1 aromatic heterocycles. The van der Waals surface area contributed by atoms with E-state index in [1.165, 1.54) is 4.88 Å². The molecule has 1 aliphatic rings. The molecule has 1 atom stereocenters. The second-order valence-electron chi connectivity index (χ2n) is 7.72. The number of carbonyl (C=O) groups excluding carboxylic acids is 1. The maximum absolute atomic E-state index is 12.8. The first-order valence-corrected chi connectivity index (χ1v) is 11.8. The van der Waals surface area contributed by atoms with E-state index in [4.69, 9.17) is 9.47 Å². The molecular formula is C22H30BrN3O3S. The number of methoxy groups -OCH3 is 1. The zero-order chi connectivity index (χ0) is 21.7. The summed E-state index contributed by atoms with van der Waals surface area (Å²) in [5, 5.41) is 3.11. The zero-order valence-corrected chi connectivity index (χ0v) is 20.4. The molecule has 0 saturated carbocycles. The number of piperazine rings is 1. The molecule has 2 heterocycles. The highest BCUT2D eigenvalue weighted by Gasteiger charge is 2.23. The van der Waals surface area contributed by atoms with Crippen LogP contribution in [0.4, 0.5) is 4.79 Å². The number of urea groups is 1. The van der Waals surface area contributed by atoms with Gasteiger partial charge in [-0.1, -0.05) is 6.07 Å². The number of nitrogens with zero attached hydrogens (tertiary/aromatic N) is 2. The quantitative estimate of drug-likeness (QED) is 0.593. The number of hydrogen-bond acceptors (Lipinski definition) is 5. The highest BCUT2D eigenvalue weighted by Crippen LogP contribution is 2.31. The van der Waals surface area contributed by atoms with Crippen LogP contribution in [0.1, 0.15) is 37.3 Å². The molecule has 1 unspecified atom stereocenters. The van der Waals surface area contributed by atoms with Crippen LogP contribution in [0, 0.1) is 0 Å². The Hall–Kier alpha value is -1.77. The molecule has 2 amide bonds. The van der Waals surface area contributed by atoms with Crippen molar-refractivity contribution in [2.45, 2.75) is 39.5 Å². The van der Waals surface area contributed by atoms with Crippen molar-refractivity contribution >= 4 is 33.3 Å². The number of ether oxygens (including phenoxy) is 2. The Balaban J connectivity index is 1.52. The van der Waals surface area contributed by atoms with Gasteiger partial charge >= 0.3 is 6.03 Å².